The van der Waals surface area contributed by atoms with E-state index in [1.54, 1.807) is 43.6 Å². The molecule has 0 fully saturated rings. The molecule has 2 aromatic heterocycles. The van der Waals surface area contributed by atoms with E-state index in [2.05, 4.69) is 15.3 Å². The van der Waals surface area contributed by atoms with Crippen LogP contribution in [0.4, 0.5) is 10.1 Å². The summed E-state index contributed by atoms with van der Waals surface area (Å²) in [7, 11) is 0. The average Bonchev–Trinajstić information content (AvgIpc) is 2.91. The maximum absolute atomic E-state index is 13.0. The van der Waals surface area contributed by atoms with Gasteiger partial charge in [-0.3, -0.25) is 9.78 Å². The zero-order chi connectivity index (χ0) is 15.5. The molecule has 3 rings (SSSR count). The molecule has 0 spiro atoms. The normalized spacial score (nSPS) is 10.5. The minimum Gasteiger partial charge on any atom is -0.320 e. The van der Waals surface area contributed by atoms with Crippen molar-refractivity contribution < 1.29 is 9.18 Å². The number of pyridine rings is 1. The number of hydrogen-bond acceptors (Lipinski definition) is 4. The Morgan fingerprint density at radius 3 is 2.68 bits per heavy atom. The maximum Gasteiger partial charge on any atom is 0.267 e. The van der Waals surface area contributed by atoms with Crippen LogP contribution in [0.2, 0.25) is 0 Å². The lowest BCUT2D eigenvalue weighted by atomic mass is 10.2. The van der Waals surface area contributed by atoms with Crippen molar-refractivity contribution in [2.75, 3.05) is 5.32 Å². The Morgan fingerprint density at radius 2 is 2.00 bits per heavy atom. The standard InChI is InChI=1S/C16H12FN3OS/c1-10-14(15(21)20-13-3-2-8-18-9-13)22-16(19-10)11-4-6-12(17)7-5-11/h2-9H,1H3,(H,20,21). The van der Waals surface area contributed by atoms with Crippen LogP contribution in [0.1, 0.15) is 15.4 Å². The summed E-state index contributed by atoms with van der Waals surface area (Å²) in [6.45, 7) is 1.78. The van der Waals surface area contributed by atoms with Gasteiger partial charge in [-0.25, -0.2) is 9.37 Å². The molecule has 110 valence electrons. The molecule has 0 aliphatic rings. The molecule has 3 aromatic rings. The monoisotopic (exact) mass is 313 g/mol. The highest BCUT2D eigenvalue weighted by Crippen LogP contribution is 2.28. The SMILES string of the molecule is Cc1nc(-c2ccc(F)cc2)sc1C(=O)Nc1cccnc1. The topological polar surface area (TPSA) is 54.9 Å². The highest BCUT2D eigenvalue weighted by atomic mass is 32.1. The van der Waals surface area contributed by atoms with E-state index in [-0.39, 0.29) is 11.7 Å². The maximum atomic E-state index is 13.0. The number of carbonyl (C=O) groups excluding carboxylic acids is 1. The van der Waals surface area contributed by atoms with Gasteiger partial charge in [0, 0.05) is 11.8 Å². The summed E-state index contributed by atoms with van der Waals surface area (Å²) in [5, 5.41) is 3.47. The molecule has 1 N–H and O–H groups in total. The lowest BCUT2D eigenvalue weighted by molar-refractivity contribution is 0.103. The lowest BCUT2D eigenvalue weighted by Gasteiger charge is -2.02. The number of benzene rings is 1. The van der Waals surface area contributed by atoms with Crippen molar-refractivity contribution in [3.05, 3.63) is 65.2 Å². The fraction of sp³-hybridized carbons (Fsp3) is 0.0625. The van der Waals surface area contributed by atoms with E-state index >= 15 is 0 Å². The van der Waals surface area contributed by atoms with Crippen molar-refractivity contribution >= 4 is 22.9 Å². The first-order valence-corrected chi connectivity index (χ1v) is 7.40. The van der Waals surface area contributed by atoms with Crippen molar-refractivity contribution in [1.29, 1.82) is 0 Å². The molecule has 22 heavy (non-hydrogen) atoms. The molecule has 0 unspecified atom stereocenters. The second-order valence-corrected chi connectivity index (χ2v) is 5.64. The Morgan fingerprint density at radius 1 is 1.23 bits per heavy atom. The first-order valence-electron chi connectivity index (χ1n) is 6.58. The molecule has 1 amide bonds. The van der Waals surface area contributed by atoms with Crippen LogP contribution >= 0.6 is 11.3 Å². The van der Waals surface area contributed by atoms with Gasteiger partial charge >= 0.3 is 0 Å². The summed E-state index contributed by atoms with van der Waals surface area (Å²) in [5.41, 5.74) is 2.06. The summed E-state index contributed by atoms with van der Waals surface area (Å²) in [4.78, 5) is 21.2. The third-order valence-corrected chi connectivity index (χ3v) is 4.22. The Balaban J connectivity index is 1.86. The molecule has 0 atom stereocenters. The van der Waals surface area contributed by atoms with Crippen molar-refractivity contribution in [1.82, 2.24) is 9.97 Å². The number of amides is 1. The van der Waals surface area contributed by atoms with Gasteiger partial charge in [0.1, 0.15) is 15.7 Å². The Kier molecular flexibility index (Phi) is 3.93. The lowest BCUT2D eigenvalue weighted by Crippen LogP contribution is -2.11. The molecule has 1 aromatic carbocycles. The predicted molar refractivity (Wildman–Crippen MR) is 84.4 cm³/mol. The van der Waals surface area contributed by atoms with Crippen LogP contribution in [0.15, 0.2) is 48.8 Å². The highest BCUT2D eigenvalue weighted by molar-refractivity contribution is 7.17. The third kappa shape index (κ3) is 3.01. The number of anilines is 1. The fourth-order valence-electron chi connectivity index (χ4n) is 1.95. The zero-order valence-corrected chi connectivity index (χ0v) is 12.5. The average molecular weight is 313 g/mol. The smallest absolute Gasteiger partial charge is 0.267 e. The van der Waals surface area contributed by atoms with Crippen LogP contribution in [0.3, 0.4) is 0 Å². The van der Waals surface area contributed by atoms with Crippen molar-refractivity contribution in [3.63, 3.8) is 0 Å². The molecule has 0 radical (unpaired) electrons. The van der Waals surface area contributed by atoms with Crippen LogP contribution in [-0.4, -0.2) is 15.9 Å². The zero-order valence-electron chi connectivity index (χ0n) is 11.7. The van der Waals surface area contributed by atoms with Gasteiger partial charge in [0.2, 0.25) is 0 Å². The quantitative estimate of drug-likeness (QED) is 0.797. The minimum absolute atomic E-state index is 0.226. The van der Waals surface area contributed by atoms with Crippen molar-refractivity contribution in [2.24, 2.45) is 0 Å². The number of aromatic nitrogens is 2. The number of hydrogen-bond donors (Lipinski definition) is 1. The fourth-order valence-corrected chi connectivity index (χ4v) is 2.91. The number of nitrogens with zero attached hydrogens (tertiary/aromatic N) is 2. The Labute approximate surface area is 130 Å². The molecule has 2 heterocycles. The molecule has 0 saturated heterocycles. The first-order chi connectivity index (χ1) is 10.6. The molecule has 0 saturated carbocycles. The molecule has 0 bridgehead atoms. The van der Waals surface area contributed by atoms with Crippen LogP contribution in [-0.2, 0) is 0 Å². The number of aryl methyl sites for hydroxylation is 1. The van der Waals surface area contributed by atoms with Gasteiger partial charge < -0.3 is 5.32 Å². The van der Waals surface area contributed by atoms with Crippen LogP contribution in [0.25, 0.3) is 10.6 Å². The summed E-state index contributed by atoms with van der Waals surface area (Å²) >= 11 is 1.28. The van der Waals surface area contributed by atoms with Gasteiger partial charge in [0.25, 0.3) is 5.91 Å². The Hall–Kier alpha value is -2.60. The number of rotatable bonds is 3. The number of thiazole rings is 1. The highest BCUT2D eigenvalue weighted by Gasteiger charge is 2.16. The van der Waals surface area contributed by atoms with E-state index in [0.717, 1.165) is 5.56 Å². The van der Waals surface area contributed by atoms with Crippen LogP contribution < -0.4 is 5.32 Å². The molecule has 4 nitrogen and oxygen atoms in total. The van der Waals surface area contributed by atoms with E-state index in [1.165, 1.54) is 23.5 Å². The van der Waals surface area contributed by atoms with Crippen LogP contribution in [0.5, 0.6) is 0 Å². The van der Waals surface area contributed by atoms with E-state index in [0.29, 0.717) is 21.3 Å². The van der Waals surface area contributed by atoms with E-state index in [9.17, 15) is 9.18 Å². The van der Waals surface area contributed by atoms with E-state index in [1.807, 2.05) is 0 Å². The number of carbonyl (C=O) groups is 1. The predicted octanol–water partition coefficient (Wildman–Crippen LogP) is 3.90. The van der Waals surface area contributed by atoms with E-state index < -0.39 is 0 Å². The first kappa shape index (κ1) is 14.3. The van der Waals surface area contributed by atoms with Gasteiger partial charge in [0.15, 0.2) is 0 Å². The van der Waals surface area contributed by atoms with Gasteiger partial charge in [0.05, 0.1) is 17.6 Å². The van der Waals surface area contributed by atoms with E-state index in [4.69, 9.17) is 0 Å². The summed E-state index contributed by atoms with van der Waals surface area (Å²) in [6.07, 6.45) is 3.22. The summed E-state index contributed by atoms with van der Waals surface area (Å²) < 4.78 is 13.0. The third-order valence-electron chi connectivity index (χ3n) is 3.01. The van der Waals surface area contributed by atoms with Crippen LogP contribution in [0, 0.1) is 12.7 Å². The van der Waals surface area contributed by atoms with Crippen molar-refractivity contribution in [2.45, 2.75) is 6.92 Å². The molecule has 0 aliphatic heterocycles. The van der Waals surface area contributed by atoms with Crippen molar-refractivity contribution in [3.8, 4) is 10.6 Å². The van der Waals surface area contributed by atoms with Gasteiger partial charge in [-0.1, -0.05) is 0 Å². The summed E-state index contributed by atoms with van der Waals surface area (Å²) in [6, 6.07) is 9.57. The molecule has 0 aliphatic carbocycles. The van der Waals surface area contributed by atoms with Gasteiger partial charge in [-0.2, -0.15) is 0 Å². The van der Waals surface area contributed by atoms with Gasteiger partial charge in [-0.15, -0.1) is 11.3 Å². The molecule has 6 heteroatoms. The van der Waals surface area contributed by atoms with Gasteiger partial charge in [-0.05, 0) is 43.3 Å². The minimum atomic E-state index is -0.299. The largest absolute Gasteiger partial charge is 0.320 e. The number of halogens is 1. The molecular weight excluding hydrogens is 301 g/mol. The number of nitrogens with one attached hydrogen (secondary N) is 1. The second kappa shape index (κ2) is 6.03. The summed E-state index contributed by atoms with van der Waals surface area (Å²) in [5.74, 6) is -0.525. The molecular formula is C16H12FN3OS. The Bertz CT molecular complexity index is 800. The second-order valence-electron chi connectivity index (χ2n) is 4.64.